The molecule has 1 aliphatic carbocycles. The maximum Gasteiger partial charge on any atom is 0.0980 e. The number of hydrogen-bond donors (Lipinski definition) is 1. The average Bonchev–Trinajstić information content (AvgIpc) is 2.39. The highest BCUT2D eigenvalue weighted by molar-refractivity contribution is 6.07. The molecule has 18 heavy (non-hydrogen) atoms. The number of hydrogen-bond acceptors (Lipinski definition) is 2. The molecule has 0 bridgehead atoms. The third-order valence-electron chi connectivity index (χ3n) is 2.83. The van der Waals surface area contributed by atoms with Crippen molar-refractivity contribution >= 4 is 5.71 Å². The summed E-state index contributed by atoms with van der Waals surface area (Å²) in [4.78, 5) is 0. The van der Waals surface area contributed by atoms with E-state index >= 15 is 0 Å². The molecule has 0 aromatic heterocycles. The van der Waals surface area contributed by atoms with E-state index in [0.717, 1.165) is 24.2 Å². The van der Waals surface area contributed by atoms with Crippen molar-refractivity contribution in [2.24, 2.45) is 0 Å². The summed E-state index contributed by atoms with van der Waals surface area (Å²) in [6.45, 7) is 4.02. The van der Waals surface area contributed by atoms with Crippen LogP contribution in [0.3, 0.4) is 0 Å². The quantitative estimate of drug-likeness (QED) is 0.732. The van der Waals surface area contributed by atoms with Crippen molar-refractivity contribution in [3.8, 4) is 0 Å². The predicted molar refractivity (Wildman–Crippen MR) is 77.8 cm³/mol. The van der Waals surface area contributed by atoms with Gasteiger partial charge in [0.05, 0.1) is 18.6 Å². The summed E-state index contributed by atoms with van der Waals surface area (Å²) in [5, 5.41) is 7.90. The fourth-order valence-electron chi connectivity index (χ4n) is 1.77. The Kier molecular flexibility index (Phi) is 5.92. The van der Waals surface area contributed by atoms with Crippen molar-refractivity contribution < 1.29 is 4.74 Å². The van der Waals surface area contributed by atoms with Gasteiger partial charge in [-0.05, 0) is 31.4 Å². The fraction of sp³-hybridized carbons (Fsp3) is 0.312. The van der Waals surface area contributed by atoms with Gasteiger partial charge >= 0.3 is 0 Å². The van der Waals surface area contributed by atoms with Crippen molar-refractivity contribution in [1.29, 1.82) is 5.41 Å². The molecular formula is C16H21NO. The highest BCUT2D eigenvalue weighted by Gasteiger charge is 2.11. The normalized spacial score (nSPS) is 19.9. The van der Waals surface area contributed by atoms with E-state index in [9.17, 15) is 0 Å². The molecule has 0 saturated carbocycles. The Balaban J connectivity index is 2.72. The molecule has 0 aliphatic heterocycles. The molecule has 2 heteroatoms. The van der Waals surface area contributed by atoms with Gasteiger partial charge in [0.1, 0.15) is 0 Å². The first-order valence-corrected chi connectivity index (χ1v) is 6.21. The van der Waals surface area contributed by atoms with Gasteiger partial charge in [-0.15, -0.1) is 0 Å². The zero-order valence-corrected chi connectivity index (χ0v) is 11.4. The lowest BCUT2D eigenvalue weighted by atomic mass is 9.97. The molecule has 0 aromatic rings. The van der Waals surface area contributed by atoms with E-state index in [4.69, 9.17) is 10.1 Å². The molecule has 0 atom stereocenters. The molecule has 0 saturated heterocycles. The average molecular weight is 243 g/mol. The second-order valence-electron chi connectivity index (χ2n) is 4.07. The molecule has 0 radical (unpaired) electrons. The van der Waals surface area contributed by atoms with Crippen LogP contribution in [0.25, 0.3) is 0 Å². The minimum Gasteiger partial charge on any atom is -0.501 e. The molecule has 96 valence electrons. The molecule has 0 fully saturated rings. The SMILES string of the molecule is C\C=C/C(/C=C/C=C1/CCC(OC)=CC1=N)=C\C. The minimum absolute atomic E-state index is 0.552. The number of ether oxygens (including phenoxy) is 1. The van der Waals surface area contributed by atoms with Gasteiger partial charge in [0.15, 0.2) is 0 Å². The fourth-order valence-corrected chi connectivity index (χ4v) is 1.77. The summed E-state index contributed by atoms with van der Waals surface area (Å²) in [6.07, 6.45) is 15.8. The predicted octanol–water partition coefficient (Wildman–Crippen LogP) is 4.34. The van der Waals surface area contributed by atoms with Crippen LogP contribution in [0.2, 0.25) is 0 Å². The summed E-state index contributed by atoms with van der Waals surface area (Å²) < 4.78 is 5.16. The van der Waals surface area contributed by atoms with Crippen LogP contribution in [0.1, 0.15) is 26.7 Å². The molecule has 1 aliphatic rings. The summed E-state index contributed by atoms with van der Waals surface area (Å²) >= 11 is 0. The molecule has 1 rings (SSSR count). The van der Waals surface area contributed by atoms with Crippen molar-refractivity contribution in [3.63, 3.8) is 0 Å². The molecule has 0 unspecified atom stereocenters. The Bertz CT molecular complexity index is 448. The molecular weight excluding hydrogens is 222 g/mol. The van der Waals surface area contributed by atoms with Crippen molar-refractivity contribution in [1.82, 2.24) is 0 Å². The molecule has 1 N–H and O–H groups in total. The van der Waals surface area contributed by atoms with Crippen LogP contribution in [-0.4, -0.2) is 12.8 Å². The van der Waals surface area contributed by atoms with E-state index in [1.165, 1.54) is 5.57 Å². The highest BCUT2D eigenvalue weighted by atomic mass is 16.5. The zero-order valence-electron chi connectivity index (χ0n) is 11.4. The maximum absolute atomic E-state index is 7.90. The van der Waals surface area contributed by atoms with Gasteiger partial charge in [0, 0.05) is 12.5 Å². The highest BCUT2D eigenvalue weighted by Crippen LogP contribution is 2.20. The third kappa shape index (κ3) is 4.21. The zero-order chi connectivity index (χ0) is 13.4. The lowest BCUT2D eigenvalue weighted by Crippen LogP contribution is -2.07. The van der Waals surface area contributed by atoms with Crippen molar-refractivity contribution in [2.45, 2.75) is 26.7 Å². The molecule has 0 spiro atoms. The van der Waals surface area contributed by atoms with Crippen molar-refractivity contribution in [3.05, 3.63) is 59.4 Å². The van der Waals surface area contributed by atoms with Gasteiger partial charge in [-0.25, -0.2) is 0 Å². The van der Waals surface area contributed by atoms with Gasteiger partial charge < -0.3 is 10.1 Å². The molecule has 2 nitrogen and oxygen atoms in total. The first-order chi connectivity index (χ1) is 8.71. The largest absolute Gasteiger partial charge is 0.501 e. The molecule has 0 heterocycles. The van der Waals surface area contributed by atoms with Gasteiger partial charge in [-0.3, -0.25) is 0 Å². The summed E-state index contributed by atoms with van der Waals surface area (Å²) in [7, 11) is 1.66. The second-order valence-corrected chi connectivity index (χ2v) is 4.07. The summed E-state index contributed by atoms with van der Waals surface area (Å²) in [5.41, 5.74) is 2.78. The smallest absolute Gasteiger partial charge is 0.0980 e. The molecule has 0 amide bonds. The van der Waals surface area contributed by atoms with Gasteiger partial charge in [0.2, 0.25) is 0 Å². The van der Waals surface area contributed by atoms with Crippen LogP contribution in [0.15, 0.2) is 59.4 Å². The Labute approximate surface area is 110 Å². The first kappa shape index (κ1) is 14.2. The minimum atomic E-state index is 0.552. The summed E-state index contributed by atoms with van der Waals surface area (Å²) in [6, 6.07) is 0. The topological polar surface area (TPSA) is 33.1 Å². The van der Waals surface area contributed by atoms with Crippen LogP contribution in [-0.2, 0) is 4.74 Å². The van der Waals surface area contributed by atoms with E-state index in [1.54, 1.807) is 13.2 Å². The summed E-state index contributed by atoms with van der Waals surface area (Å²) in [5.74, 6) is 0.893. The number of rotatable bonds is 4. The lowest BCUT2D eigenvalue weighted by Gasteiger charge is -2.14. The van der Waals surface area contributed by atoms with Gasteiger partial charge in [0.25, 0.3) is 0 Å². The van der Waals surface area contributed by atoms with Crippen LogP contribution in [0.4, 0.5) is 0 Å². The maximum atomic E-state index is 7.90. The standard InChI is InChI=1S/C16H21NO/c1-4-7-13(5-2)8-6-9-14-10-11-15(18-3)12-16(14)17/h4-9,12,17H,10-11H2,1-3H3/b7-4-,8-6+,13-5+,14-9-,17-16?. The van der Waals surface area contributed by atoms with Crippen LogP contribution >= 0.6 is 0 Å². The number of allylic oxidation sites excluding steroid dienone is 10. The van der Waals surface area contributed by atoms with E-state index in [2.05, 4.69) is 18.2 Å². The van der Waals surface area contributed by atoms with E-state index in [1.807, 2.05) is 32.1 Å². The monoisotopic (exact) mass is 243 g/mol. The lowest BCUT2D eigenvalue weighted by molar-refractivity contribution is 0.276. The Morgan fingerprint density at radius 2 is 2.06 bits per heavy atom. The van der Waals surface area contributed by atoms with E-state index in [0.29, 0.717) is 5.71 Å². The van der Waals surface area contributed by atoms with Gasteiger partial charge in [-0.2, -0.15) is 0 Å². The third-order valence-corrected chi connectivity index (χ3v) is 2.83. The Morgan fingerprint density at radius 1 is 1.28 bits per heavy atom. The van der Waals surface area contributed by atoms with Gasteiger partial charge in [-0.1, -0.05) is 36.5 Å². The Hall–Kier alpha value is -1.83. The first-order valence-electron chi connectivity index (χ1n) is 6.21. The molecule has 0 aromatic carbocycles. The van der Waals surface area contributed by atoms with E-state index < -0.39 is 0 Å². The van der Waals surface area contributed by atoms with Crippen LogP contribution in [0, 0.1) is 5.41 Å². The Morgan fingerprint density at radius 3 is 2.61 bits per heavy atom. The van der Waals surface area contributed by atoms with Crippen LogP contribution < -0.4 is 0 Å². The number of nitrogens with one attached hydrogen (secondary N) is 1. The second kappa shape index (κ2) is 7.49. The van der Waals surface area contributed by atoms with E-state index in [-0.39, 0.29) is 0 Å². The number of methoxy groups -OCH3 is 1. The van der Waals surface area contributed by atoms with Crippen LogP contribution in [0.5, 0.6) is 0 Å². The van der Waals surface area contributed by atoms with Crippen molar-refractivity contribution in [2.75, 3.05) is 7.11 Å².